The molecule has 0 saturated carbocycles. The third-order valence-corrected chi connectivity index (χ3v) is 2.99. The molecule has 20 heavy (non-hydrogen) atoms. The van der Waals surface area contributed by atoms with Gasteiger partial charge >= 0.3 is 0 Å². The molecule has 0 bridgehead atoms. The first-order chi connectivity index (χ1) is 9.38. The van der Waals surface area contributed by atoms with Crippen molar-refractivity contribution in [3.8, 4) is 0 Å². The lowest BCUT2D eigenvalue weighted by molar-refractivity contribution is -0.128. The largest absolute Gasteiger partial charge is 0.378 e. The smallest absolute Gasteiger partial charge is 0.244 e. The lowest BCUT2D eigenvalue weighted by Gasteiger charge is -2.34. The Labute approximate surface area is 121 Å². The van der Waals surface area contributed by atoms with Crippen LogP contribution in [0.2, 0.25) is 0 Å². The molecular weight excluding hydrogens is 252 g/mol. The quantitative estimate of drug-likeness (QED) is 0.765. The molecule has 0 radical (unpaired) electrons. The second kappa shape index (κ2) is 7.41. The zero-order valence-electron chi connectivity index (χ0n) is 12.8. The Morgan fingerprint density at radius 3 is 2.30 bits per heavy atom. The number of amides is 1. The molecular formula is C16H26N2O2. The maximum atomic E-state index is 12.1. The molecule has 0 spiro atoms. The average molecular weight is 278 g/mol. The fourth-order valence-electron chi connectivity index (χ4n) is 2.16. The fraction of sp³-hybridized carbons (Fsp3) is 0.562. The van der Waals surface area contributed by atoms with E-state index in [1.54, 1.807) is 0 Å². The van der Waals surface area contributed by atoms with Crippen molar-refractivity contribution in [2.24, 2.45) is 11.7 Å². The van der Waals surface area contributed by atoms with Gasteiger partial charge in [-0.1, -0.05) is 44.2 Å². The van der Waals surface area contributed by atoms with Crippen LogP contribution in [0.3, 0.4) is 0 Å². The van der Waals surface area contributed by atoms with Crippen LogP contribution in [0, 0.1) is 5.92 Å². The lowest BCUT2D eigenvalue weighted by atomic mass is 9.89. The Morgan fingerprint density at radius 1 is 1.25 bits per heavy atom. The van der Waals surface area contributed by atoms with Gasteiger partial charge in [-0.3, -0.25) is 10.1 Å². The van der Waals surface area contributed by atoms with Crippen LogP contribution < -0.4 is 11.1 Å². The molecule has 1 unspecified atom stereocenters. The number of carbonyl (C=O) groups is 1. The van der Waals surface area contributed by atoms with E-state index >= 15 is 0 Å². The van der Waals surface area contributed by atoms with Gasteiger partial charge in [0, 0.05) is 12.6 Å². The van der Waals surface area contributed by atoms with Crippen LogP contribution in [0.5, 0.6) is 0 Å². The van der Waals surface area contributed by atoms with Gasteiger partial charge in [0.05, 0.1) is 6.61 Å². The van der Waals surface area contributed by atoms with Crippen LogP contribution in [-0.2, 0) is 15.1 Å². The van der Waals surface area contributed by atoms with Crippen LogP contribution in [0.25, 0.3) is 0 Å². The van der Waals surface area contributed by atoms with Crippen molar-refractivity contribution < 1.29 is 9.53 Å². The second-order valence-electron chi connectivity index (χ2n) is 5.84. The number of carbonyl (C=O) groups excluding carboxylic acids is 1. The predicted octanol–water partition coefficient (Wildman–Crippen LogP) is 2.04. The Morgan fingerprint density at radius 2 is 1.85 bits per heavy atom. The van der Waals surface area contributed by atoms with Gasteiger partial charge in [-0.05, 0) is 25.3 Å². The summed E-state index contributed by atoms with van der Waals surface area (Å²) in [7, 11) is 0. The molecule has 1 aromatic rings. The highest BCUT2D eigenvalue weighted by atomic mass is 16.5. The number of rotatable bonds is 8. The van der Waals surface area contributed by atoms with Gasteiger partial charge < -0.3 is 10.5 Å². The summed E-state index contributed by atoms with van der Waals surface area (Å²) in [4.78, 5) is 12.1. The van der Waals surface area contributed by atoms with E-state index in [-0.39, 0.29) is 12.6 Å². The molecule has 0 heterocycles. The number of hydrogen-bond acceptors (Lipinski definition) is 3. The second-order valence-corrected chi connectivity index (χ2v) is 5.84. The normalized spacial score (nSPS) is 14.5. The van der Waals surface area contributed by atoms with Crippen molar-refractivity contribution in [1.82, 2.24) is 5.32 Å². The highest BCUT2D eigenvalue weighted by Crippen LogP contribution is 2.23. The molecule has 0 aliphatic carbocycles. The van der Waals surface area contributed by atoms with E-state index in [0.717, 1.165) is 5.56 Å². The first-order valence-electron chi connectivity index (χ1n) is 7.09. The van der Waals surface area contributed by atoms with Gasteiger partial charge in [-0.25, -0.2) is 0 Å². The van der Waals surface area contributed by atoms with Crippen molar-refractivity contribution >= 4 is 5.91 Å². The summed E-state index contributed by atoms with van der Waals surface area (Å²) in [5.74, 6) is -0.00319. The lowest BCUT2D eigenvalue weighted by Crippen LogP contribution is -2.58. The predicted molar refractivity (Wildman–Crippen MR) is 81.2 cm³/mol. The highest BCUT2D eigenvalue weighted by molar-refractivity contribution is 5.86. The van der Waals surface area contributed by atoms with E-state index in [1.165, 1.54) is 0 Å². The Kier molecular flexibility index (Phi) is 6.17. The van der Waals surface area contributed by atoms with Gasteiger partial charge in [-0.15, -0.1) is 0 Å². The molecule has 4 nitrogen and oxygen atoms in total. The molecule has 0 aliphatic heterocycles. The van der Waals surface area contributed by atoms with Gasteiger partial charge in [0.1, 0.15) is 5.54 Å². The third-order valence-electron chi connectivity index (χ3n) is 2.99. The van der Waals surface area contributed by atoms with Crippen molar-refractivity contribution in [3.63, 3.8) is 0 Å². The Bertz CT molecular complexity index is 418. The van der Waals surface area contributed by atoms with Gasteiger partial charge in [-0.2, -0.15) is 0 Å². The van der Waals surface area contributed by atoms with E-state index in [2.05, 4.69) is 19.2 Å². The summed E-state index contributed by atoms with van der Waals surface area (Å²) in [6, 6.07) is 9.64. The van der Waals surface area contributed by atoms with Crippen LogP contribution in [-0.4, -0.2) is 25.2 Å². The molecule has 0 saturated heterocycles. The summed E-state index contributed by atoms with van der Waals surface area (Å²) in [6.45, 7) is 8.96. The topological polar surface area (TPSA) is 64.3 Å². The number of primary amides is 1. The number of benzene rings is 1. The molecule has 0 aliphatic rings. The summed E-state index contributed by atoms with van der Waals surface area (Å²) in [6.07, 6.45) is 0. The van der Waals surface area contributed by atoms with E-state index in [4.69, 9.17) is 10.5 Å². The number of hydrogen-bond donors (Lipinski definition) is 2. The average Bonchev–Trinajstić information content (AvgIpc) is 2.37. The van der Waals surface area contributed by atoms with Crippen molar-refractivity contribution in [2.45, 2.75) is 39.3 Å². The summed E-state index contributed by atoms with van der Waals surface area (Å²) < 4.78 is 5.71. The van der Waals surface area contributed by atoms with Gasteiger partial charge in [0.15, 0.2) is 0 Å². The van der Waals surface area contributed by atoms with Crippen molar-refractivity contribution in [3.05, 3.63) is 35.9 Å². The third kappa shape index (κ3) is 4.32. The molecule has 112 valence electrons. The summed E-state index contributed by atoms with van der Waals surface area (Å²) >= 11 is 0. The number of ether oxygens (including phenoxy) is 1. The van der Waals surface area contributed by atoms with Crippen molar-refractivity contribution in [2.75, 3.05) is 13.2 Å². The van der Waals surface area contributed by atoms with E-state index in [9.17, 15) is 4.79 Å². The molecule has 1 rings (SSSR count). The minimum Gasteiger partial charge on any atom is -0.378 e. The van der Waals surface area contributed by atoms with Gasteiger partial charge in [0.25, 0.3) is 0 Å². The maximum Gasteiger partial charge on any atom is 0.244 e. The minimum atomic E-state index is -0.982. The molecule has 4 heteroatoms. The van der Waals surface area contributed by atoms with Crippen LogP contribution in [0.1, 0.15) is 33.3 Å². The Hall–Kier alpha value is -1.39. The van der Waals surface area contributed by atoms with Crippen LogP contribution >= 0.6 is 0 Å². The van der Waals surface area contributed by atoms with Gasteiger partial charge in [0.2, 0.25) is 5.91 Å². The molecule has 0 aromatic heterocycles. The van der Waals surface area contributed by atoms with E-state index in [1.807, 2.05) is 44.2 Å². The summed E-state index contributed by atoms with van der Waals surface area (Å²) in [5, 5.41) is 3.28. The highest BCUT2D eigenvalue weighted by Gasteiger charge is 2.39. The number of nitrogens with two attached hydrogens (primary N) is 1. The molecule has 3 N–H and O–H groups in total. The fourth-order valence-corrected chi connectivity index (χ4v) is 2.16. The first-order valence-corrected chi connectivity index (χ1v) is 7.09. The van der Waals surface area contributed by atoms with Crippen molar-refractivity contribution in [1.29, 1.82) is 0 Å². The monoisotopic (exact) mass is 278 g/mol. The standard InChI is InChI=1S/C16H26N2O2/c1-12(2)10-20-11-16(15(17)19,18-13(3)4)14-8-6-5-7-9-14/h5-9,12-13,18H,10-11H2,1-4H3,(H2,17,19). The molecule has 1 atom stereocenters. The maximum absolute atomic E-state index is 12.1. The van der Waals surface area contributed by atoms with E-state index < -0.39 is 11.4 Å². The van der Waals surface area contributed by atoms with Crippen LogP contribution in [0.15, 0.2) is 30.3 Å². The minimum absolute atomic E-state index is 0.116. The molecule has 0 fully saturated rings. The number of nitrogens with one attached hydrogen (secondary N) is 1. The SMILES string of the molecule is CC(C)COCC(NC(C)C)(C(N)=O)c1ccccc1. The summed E-state index contributed by atoms with van der Waals surface area (Å²) in [5.41, 5.74) is 5.54. The Balaban J connectivity index is 3.05. The van der Waals surface area contributed by atoms with E-state index in [0.29, 0.717) is 12.5 Å². The molecule has 1 amide bonds. The molecule has 1 aromatic carbocycles. The first kappa shape index (κ1) is 16.7. The zero-order chi connectivity index (χ0) is 15.2. The zero-order valence-corrected chi connectivity index (χ0v) is 12.8. The van der Waals surface area contributed by atoms with Crippen LogP contribution in [0.4, 0.5) is 0 Å².